The zero-order valence-electron chi connectivity index (χ0n) is 21.9. The molecule has 3 aliphatic rings. The van der Waals surface area contributed by atoms with Crippen LogP contribution in [0.25, 0.3) is 5.69 Å². The van der Waals surface area contributed by atoms with Gasteiger partial charge in [0, 0.05) is 36.8 Å². The highest BCUT2D eigenvalue weighted by Gasteiger charge is 2.60. The number of H-pyrrole nitrogens is 1. The predicted molar refractivity (Wildman–Crippen MR) is 144 cm³/mol. The van der Waals surface area contributed by atoms with Gasteiger partial charge in [0.2, 0.25) is 0 Å². The van der Waals surface area contributed by atoms with Crippen LogP contribution in [0.5, 0.6) is 0 Å². The Morgan fingerprint density at radius 3 is 2.40 bits per heavy atom. The van der Waals surface area contributed by atoms with E-state index in [1.54, 1.807) is 12.1 Å². The number of piperidine rings is 1. The van der Waals surface area contributed by atoms with E-state index in [0.717, 1.165) is 35.3 Å². The Morgan fingerprint density at radius 2 is 1.74 bits per heavy atom. The molecule has 2 fully saturated rings. The van der Waals surface area contributed by atoms with E-state index in [0.29, 0.717) is 25.4 Å². The third-order valence-corrected chi connectivity index (χ3v) is 8.19. The Balaban J connectivity index is 0.00000202. The minimum Gasteiger partial charge on any atom is -0.375 e. The number of likely N-dealkylation sites (tertiary alicyclic amines) is 1. The molecule has 2 atom stereocenters. The number of aryl methyl sites for hydroxylation is 1. The number of rotatable bonds is 6. The smallest absolute Gasteiger partial charge is 0.375 e. The predicted octanol–water partition coefficient (Wildman–Crippen LogP) is 4.34. The van der Waals surface area contributed by atoms with Gasteiger partial charge in [-0.2, -0.15) is 31.4 Å². The zero-order chi connectivity index (χ0) is 28.4. The molecular weight excluding hydrogens is 615 g/mol. The Hall–Kier alpha value is -2.81. The van der Waals surface area contributed by atoms with Crippen LogP contribution in [0, 0.1) is 5.92 Å². The minimum atomic E-state index is -4.71. The van der Waals surface area contributed by atoms with Crippen LogP contribution >= 0.6 is 24.8 Å². The van der Waals surface area contributed by atoms with Gasteiger partial charge in [0.25, 0.3) is 5.56 Å². The van der Waals surface area contributed by atoms with Crippen molar-refractivity contribution >= 4 is 24.8 Å². The number of halogens is 8. The van der Waals surface area contributed by atoms with Crippen molar-refractivity contribution in [2.24, 2.45) is 5.92 Å². The van der Waals surface area contributed by atoms with Crippen molar-refractivity contribution in [1.29, 1.82) is 0 Å². The number of aromatic amines is 1. The van der Waals surface area contributed by atoms with Crippen LogP contribution < -0.4 is 11.2 Å². The summed E-state index contributed by atoms with van der Waals surface area (Å²) in [5, 5.41) is 3.68. The summed E-state index contributed by atoms with van der Waals surface area (Å²) in [7, 11) is 0. The number of alkyl halides is 6. The second-order valence-corrected chi connectivity index (χ2v) is 10.7. The molecule has 1 N–H and O–H groups in total. The van der Waals surface area contributed by atoms with Crippen molar-refractivity contribution in [2.45, 2.75) is 50.2 Å². The fourth-order valence-corrected chi connectivity index (χ4v) is 6.14. The summed E-state index contributed by atoms with van der Waals surface area (Å²) in [5.74, 6) is 0.350. The Bertz CT molecular complexity index is 1570. The van der Waals surface area contributed by atoms with E-state index in [4.69, 9.17) is 4.74 Å². The molecule has 1 aromatic carbocycles. The van der Waals surface area contributed by atoms with Gasteiger partial charge in [-0.3, -0.25) is 14.3 Å². The van der Waals surface area contributed by atoms with E-state index in [1.807, 2.05) is 0 Å². The first-order valence-electron chi connectivity index (χ1n) is 12.9. The maximum Gasteiger partial charge on any atom is 0.435 e. The number of ether oxygens (including phenoxy) is 1. The summed E-state index contributed by atoms with van der Waals surface area (Å²) in [6, 6.07) is 5.33. The molecule has 4 heterocycles. The van der Waals surface area contributed by atoms with Crippen molar-refractivity contribution in [3.8, 4) is 5.69 Å². The zero-order valence-corrected chi connectivity index (χ0v) is 23.6. The SMILES string of the molecule is Cl.Cl.O=c1[nH]c(=O)n(CCCN2C[C@@H]3C[C@]3(c3ccc(C(F)(F)F)cc3)C2)cc1-n1nc(C(F)(F)F)c2c1COCC2. The first kappa shape index (κ1) is 32.1. The van der Waals surface area contributed by atoms with E-state index in [9.17, 15) is 35.9 Å². The first-order valence-corrected chi connectivity index (χ1v) is 12.9. The molecule has 0 spiro atoms. The molecule has 16 heteroatoms. The molecule has 1 saturated heterocycles. The third kappa shape index (κ3) is 5.73. The minimum absolute atomic E-state index is 0. The monoisotopic (exact) mass is 641 g/mol. The molecule has 0 amide bonds. The Labute approximate surface area is 247 Å². The van der Waals surface area contributed by atoms with Gasteiger partial charge in [-0.1, -0.05) is 12.1 Å². The van der Waals surface area contributed by atoms with Gasteiger partial charge >= 0.3 is 18.0 Å². The molecule has 2 aromatic heterocycles. The average Bonchev–Trinajstić information content (AvgIpc) is 3.25. The van der Waals surface area contributed by atoms with Gasteiger partial charge in [0.05, 0.1) is 24.5 Å². The molecule has 42 heavy (non-hydrogen) atoms. The lowest BCUT2D eigenvalue weighted by molar-refractivity contribution is -0.142. The van der Waals surface area contributed by atoms with E-state index >= 15 is 0 Å². The molecule has 0 bridgehead atoms. The molecule has 0 radical (unpaired) electrons. The highest BCUT2D eigenvalue weighted by Crippen LogP contribution is 2.59. The average molecular weight is 642 g/mol. The number of hydrogen-bond acceptors (Lipinski definition) is 5. The van der Waals surface area contributed by atoms with Crippen molar-refractivity contribution in [1.82, 2.24) is 24.2 Å². The quantitative estimate of drug-likeness (QED) is 0.405. The number of hydrogen-bond donors (Lipinski definition) is 1. The second-order valence-electron chi connectivity index (χ2n) is 10.7. The molecule has 0 unspecified atom stereocenters. The lowest BCUT2D eigenvalue weighted by Crippen LogP contribution is -2.34. The molecule has 3 aromatic rings. The molecule has 8 nitrogen and oxygen atoms in total. The summed E-state index contributed by atoms with van der Waals surface area (Å²) in [6.07, 6.45) is -6.45. The number of nitrogens with zero attached hydrogens (tertiary/aromatic N) is 4. The van der Waals surface area contributed by atoms with Crippen LogP contribution in [0.3, 0.4) is 0 Å². The highest BCUT2D eigenvalue weighted by atomic mass is 35.5. The van der Waals surface area contributed by atoms with Gasteiger partial charge in [-0.15, -0.1) is 24.8 Å². The lowest BCUT2D eigenvalue weighted by atomic mass is 9.94. The molecule has 6 rings (SSSR count). The normalized spacial score (nSPS) is 21.7. The van der Waals surface area contributed by atoms with Crippen LogP contribution in [0.2, 0.25) is 0 Å². The van der Waals surface area contributed by atoms with Gasteiger partial charge in [0.1, 0.15) is 5.69 Å². The Kier molecular flexibility index (Phi) is 8.68. The van der Waals surface area contributed by atoms with Crippen LogP contribution in [0.15, 0.2) is 40.1 Å². The number of aromatic nitrogens is 4. The van der Waals surface area contributed by atoms with Crippen molar-refractivity contribution in [2.75, 3.05) is 26.2 Å². The molecule has 2 aliphatic heterocycles. The van der Waals surface area contributed by atoms with Crippen molar-refractivity contribution < 1.29 is 31.1 Å². The molecule has 1 aliphatic carbocycles. The van der Waals surface area contributed by atoms with Gasteiger partial charge < -0.3 is 9.64 Å². The maximum atomic E-state index is 13.6. The topological polar surface area (TPSA) is 85.2 Å². The summed E-state index contributed by atoms with van der Waals surface area (Å²) in [5.41, 5.74) is -2.68. The summed E-state index contributed by atoms with van der Waals surface area (Å²) < 4.78 is 87.0. The van der Waals surface area contributed by atoms with Crippen LogP contribution in [-0.4, -0.2) is 50.5 Å². The lowest BCUT2D eigenvalue weighted by Gasteiger charge is -2.21. The third-order valence-electron chi connectivity index (χ3n) is 8.19. The van der Waals surface area contributed by atoms with E-state index < -0.39 is 34.9 Å². The first-order chi connectivity index (χ1) is 18.9. The Morgan fingerprint density at radius 1 is 1.02 bits per heavy atom. The van der Waals surface area contributed by atoms with E-state index in [2.05, 4.69) is 15.0 Å². The van der Waals surface area contributed by atoms with Crippen LogP contribution in [0.4, 0.5) is 26.3 Å². The molecule has 230 valence electrons. The molecular formula is C26H27Cl2F6N5O3. The van der Waals surface area contributed by atoms with E-state index in [1.165, 1.54) is 10.8 Å². The van der Waals surface area contributed by atoms with E-state index in [-0.39, 0.29) is 73.4 Å². The van der Waals surface area contributed by atoms with Gasteiger partial charge in [0.15, 0.2) is 5.69 Å². The number of nitrogens with one attached hydrogen (secondary N) is 1. The summed E-state index contributed by atoms with van der Waals surface area (Å²) in [4.78, 5) is 29.4. The maximum absolute atomic E-state index is 13.6. The van der Waals surface area contributed by atoms with Crippen LogP contribution in [-0.2, 0) is 42.1 Å². The number of benzene rings is 1. The number of fused-ring (bicyclic) bond motifs is 2. The molecule has 1 saturated carbocycles. The second kappa shape index (κ2) is 11.4. The standard InChI is InChI=1S/C26H25F6N5O3.2ClH/c27-25(28,29)16-4-2-15(3-5-16)24-10-17(24)11-35(14-24)7-1-8-36-12-19(22(38)33-23(36)39)37-20-13-40-9-6-18(20)21(34-37)26(30,31)32;;/h2-5,12,17H,1,6-11,13-14H2,(H,33,38,39);2*1H/t17-,24+;;/m0../s1. The highest BCUT2D eigenvalue weighted by molar-refractivity contribution is 5.85. The summed E-state index contributed by atoms with van der Waals surface area (Å²) >= 11 is 0. The van der Waals surface area contributed by atoms with Gasteiger partial charge in [-0.25, -0.2) is 9.48 Å². The largest absolute Gasteiger partial charge is 0.435 e. The van der Waals surface area contributed by atoms with Crippen molar-refractivity contribution in [3.05, 3.63) is 79.4 Å². The van der Waals surface area contributed by atoms with Crippen LogP contribution in [0.1, 0.15) is 40.9 Å². The summed E-state index contributed by atoms with van der Waals surface area (Å²) in [6.45, 7) is 2.23. The fraction of sp³-hybridized carbons (Fsp3) is 0.500. The van der Waals surface area contributed by atoms with Gasteiger partial charge in [-0.05, 0) is 49.4 Å². The fourth-order valence-electron chi connectivity index (χ4n) is 6.14. The van der Waals surface area contributed by atoms with Crippen molar-refractivity contribution in [3.63, 3.8) is 0 Å².